The van der Waals surface area contributed by atoms with Gasteiger partial charge in [0.1, 0.15) is 18.2 Å². The summed E-state index contributed by atoms with van der Waals surface area (Å²) < 4.78 is 32.5. The Labute approximate surface area is 182 Å². The summed E-state index contributed by atoms with van der Waals surface area (Å²) in [5.41, 5.74) is 2.69. The highest BCUT2D eigenvalue weighted by atomic mass is 32.2. The first kappa shape index (κ1) is 21.9. The quantitative estimate of drug-likeness (QED) is 0.585. The molecule has 4 N–H and O–H groups in total. The van der Waals surface area contributed by atoms with Crippen molar-refractivity contribution >= 4 is 16.1 Å². The summed E-state index contributed by atoms with van der Waals surface area (Å²) in [5, 5.41) is 18.5. The Morgan fingerprint density at radius 1 is 1.26 bits per heavy atom. The van der Waals surface area contributed by atoms with Crippen molar-refractivity contribution < 1.29 is 22.4 Å². The van der Waals surface area contributed by atoms with E-state index >= 15 is 0 Å². The maximum atomic E-state index is 11.0. The lowest BCUT2D eigenvalue weighted by Crippen LogP contribution is -2.24. The Morgan fingerprint density at radius 2 is 2.03 bits per heavy atom. The first-order chi connectivity index (χ1) is 14.6. The second kappa shape index (κ2) is 8.34. The molecule has 31 heavy (non-hydrogen) atoms. The molecule has 1 aromatic heterocycles. The van der Waals surface area contributed by atoms with Crippen LogP contribution in [0.2, 0.25) is 0 Å². The molecule has 0 spiro atoms. The molecule has 1 heterocycles. The number of benzene rings is 1. The van der Waals surface area contributed by atoms with Gasteiger partial charge in [0.2, 0.25) is 5.88 Å². The predicted octanol–water partition coefficient (Wildman–Crippen LogP) is 2.05. The molecule has 2 aliphatic rings. The highest BCUT2D eigenvalue weighted by Gasteiger charge is 2.37. The molecule has 0 unspecified atom stereocenters. The molecule has 2 aliphatic carbocycles. The number of aliphatic hydroxyl groups excluding tert-OH is 1. The molecule has 4 rings (SSSR count). The highest BCUT2D eigenvalue weighted by Crippen LogP contribution is 2.45. The van der Waals surface area contributed by atoms with Crippen molar-refractivity contribution in [1.29, 1.82) is 0 Å². The number of rotatable bonds is 7. The van der Waals surface area contributed by atoms with Gasteiger partial charge in [-0.1, -0.05) is 38.1 Å². The average Bonchev–Trinajstić information content (AvgIpc) is 3.16. The van der Waals surface area contributed by atoms with Gasteiger partial charge >= 0.3 is 10.3 Å². The van der Waals surface area contributed by atoms with Crippen LogP contribution in [0.15, 0.2) is 36.7 Å². The molecule has 1 saturated carbocycles. The van der Waals surface area contributed by atoms with Gasteiger partial charge in [0.05, 0.1) is 18.8 Å². The summed E-state index contributed by atoms with van der Waals surface area (Å²) in [5.74, 6) is 0.684. The molecule has 0 radical (unpaired) electrons. The maximum absolute atomic E-state index is 11.0. The number of nitrogens with zero attached hydrogens (tertiary/aromatic N) is 2. The SMILES string of the molecule is CC1(C)C[C@H](Nc2cc(O[C@@H]3C[C@@H](COS(N)(=O)=O)[C@@H](O)C3)ncn2)c2ccccc21. The molecule has 0 amide bonds. The summed E-state index contributed by atoms with van der Waals surface area (Å²) in [6.45, 7) is 4.31. The first-order valence-electron chi connectivity index (χ1n) is 10.3. The van der Waals surface area contributed by atoms with Gasteiger partial charge in [-0.05, 0) is 29.4 Å². The third kappa shape index (κ3) is 5.15. The molecule has 4 atom stereocenters. The van der Waals surface area contributed by atoms with Crippen molar-refractivity contribution in [1.82, 2.24) is 9.97 Å². The molecule has 0 aliphatic heterocycles. The second-order valence-corrected chi connectivity index (χ2v) is 10.2. The number of ether oxygens (including phenoxy) is 1. The number of aliphatic hydroxyl groups is 1. The molecule has 1 aromatic carbocycles. The zero-order valence-corrected chi connectivity index (χ0v) is 18.4. The van der Waals surface area contributed by atoms with E-state index in [2.05, 4.69) is 51.5 Å². The van der Waals surface area contributed by atoms with E-state index < -0.39 is 16.4 Å². The minimum absolute atomic E-state index is 0.0781. The van der Waals surface area contributed by atoms with Crippen LogP contribution in [-0.4, -0.2) is 42.3 Å². The second-order valence-electron chi connectivity index (χ2n) is 8.93. The van der Waals surface area contributed by atoms with E-state index in [0.717, 1.165) is 6.42 Å². The fourth-order valence-corrected chi connectivity index (χ4v) is 4.98. The van der Waals surface area contributed by atoms with Crippen LogP contribution in [-0.2, 0) is 19.9 Å². The fraction of sp³-hybridized carbons (Fsp3) is 0.524. The molecule has 10 heteroatoms. The maximum Gasteiger partial charge on any atom is 0.333 e. The van der Waals surface area contributed by atoms with Crippen LogP contribution >= 0.6 is 0 Å². The minimum Gasteiger partial charge on any atom is -0.474 e. The van der Waals surface area contributed by atoms with Gasteiger partial charge in [-0.3, -0.25) is 4.18 Å². The highest BCUT2D eigenvalue weighted by molar-refractivity contribution is 7.84. The van der Waals surface area contributed by atoms with Gasteiger partial charge in [0, 0.05) is 18.4 Å². The standard InChI is InChI=1S/C21H28N4O5S/c1-21(2)10-17(15-5-3-4-6-16(15)21)25-19-9-20(24-12-23-19)30-14-7-13(18(26)8-14)11-29-31(22,27)28/h3-6,9,12-14,17-18,26H,7-8,10-11H2,1-2H3,(H2,22,27,28)(H,23,24,25)/t13-,14+,17-,18-/m0/s1. The molecule has 1 fully saturated rings. The van der Waals surface area contributed by atoms with Crippen LogP contribution in [0.1, 0.15) is 50.3 Å². The third-order valence-corrected chi connectivity index (χ3v) is 6.56. The molecule has 9 nitrogen and oxygen atoms in total. The van der Waals surface area contributed by atoms with E-state index in [9.17, 15) is 13.5 Å². The number of nitrogens with two attached hydrogens (primary N) is 1. The number of fused-ring (bicyclic) bond motifs is 1. The average molecular weight is 449 g/mol. The minimum atomic E-state index is -4.04. The van der Waals surface area contributed by atoms with Crippen molar-refractivity contribution in [3.63, 3.8) is 0 Å². The number of aromatic nitrogens is 2. The largest absolute Gasteiger partial charge is 0.474 e. The monoisotopic (exact) mass is 448 g/mol. The Morgan fingerprint density at radius 3 is 2.81 bits per heavy atom. The van der Waals surface area contributed by atoms with Crippen LogP contribution in [0.5, 0.6) is 5.88 Å². The number of hydrogen-bond acceptors (Lipinski definition) is 8. The smallest absolute Gasteiger partial charge is 0.333 e. The molecule has 168 valence electrons. The van der Waals surface area contributed by atoms with Crippen LogP contribution in [0.25, 0.3) is 0 Å². The lowest BCUT2D eigenvalue weighted by Gasteiger charge is -2.20. The van der Waals surface area contributed by atoms with Crippen molar-refractivity contribution in [2.75, 3.05) is 11.9 Å². The predicted molar refractivity (Wildman–Crippen MR) is 115 cm³/mol. The molecule has 0 bridgehead atoms. The summed E-state index contributed by atoms with van der Waals surface area (Å²) >= 11 is 0. The zero-order chi connectivity index (χ0) is 22.2. The lowest BCUT2D eigenvalue weighted by atomic mass is 9.86. The van der Waals surface area contributed by atoms with E-state index in [1.54, 1.807) is 6.07 Å². The fourth-order valence-electron chi connectivity index (χ4n) is 4.62. The zero-order valence-electron chi connectivity index (χ0n) is 17.6. The molecule has 2 aromatic rings. The van der Waals surface area contributed by atoms with Crippen molar-refractivity contribution in [2.45, 2.75) is 56.8 Å². The normalized spacial score (nSPS) is 27.1. The van der Waals surface area contributed by atoms with Crippen LogP contribution < -0.4 is 15.2 Å². The summed E-state index contributed by atoms with van der Waals surface area (Å²) in [7, 11) is -4.04. The first-order valence-corrected chi connectivity index (χ1v) is 11.8. The van der Waals surface area contributed by atoms with Gasteiger partial charge in [-0.15, -0.1) is 0 Å². The van der Waals surface area contributed by atoms with Crippen LogP contribution in [0, 0.1) is 5.92 Å². The van der Waals surface area contributed by atoms with Gasteiger partial charge < -0.3 is 15.2 Å². The Hall–Kier alpha value is -2.27. The van der Waals surface area contributed by atoms with E-state index in [4.69, 9.17) is 9.88 Å². The van der Waals surface area contributed by atoms with Crippen LogP contribution in [0.3, 0.4) is 0 Å². The third-order valence-electron chi connectivity index (χ3n) is 6.09. The molecular formula is C21H28N4O5S. The van der Waals surface area contributed by atoms with Gasteiger partial charge in [0.15, 0.2) is 0 Å². The van der Waals surface area contributed by atoms with Crippen LogP contribution in [0.4, 0.5) is 5.82 Å². The topological polar surface area (TPSA) is 137 Å². The summed E-state index contributed by atoms with van der Waals surface area (Å²) in [6, 6.07) is 10.3. The lowest BCUT2D eigenvalue weighted by molar-refractivity contribution is 0.0986. The molecular weight excluding hydrogens is 420 g/mol. The van der Waals surface area contributed by atoms with Crippen molar-refractivity contribution in [3.8, 4) is 5.88 Å². The van der Waals surface area contributed by atoms with E-state index in [1.807, 2.05) is 6.07 Å². The van der Waals surface area contributed by atoms with E-state index in [1.165, 1.54) is 17.5 Å². The number of nitrogens with one attached hydrogen (secondary N) is 1. The molecule has 0 saturated heterocycles. The number of anilines is 1. The summed E-state index contributed by atoms with van der Waals surface area (Å²) in [6.07, 6.45) is 2.15. The van der Waals surface area contributed by atoms with E-state index in [0.29, 0.717) is 24.5 Å². The Kier molecular flexibility index (Phi) is 5.91. The van der Waals surface area contributed by atoms with Gasteiger partial charge in [-0.25, -0.2) is 15.1 Å². The van der Waals surface area contributed by atoms with Crippen molar-refractivity contribution in [2.24, 2.45) is 11.1 Å². The Balaban J connectivity index is 1.40. The van der Waals surface area contributed by atoms with Gasteiger partial charge in [-0.2, -0.15) is 8.42 Å². The summed E-state index contributed by atoms with van der Waals surface area (Å²) in [4.78, 5) is 8.52. The van der Waals surface area contributed by atoms with Gasteiger partial charge in [0.25, 0.3) is 0 Å². The van der Waals surface area contributed by atoms with E-state index in [-0.39, 0.29) is 30.1 Å². The Bertz CT molecular complexity index is 1050. The number of hydrogen-bond donors (Lipinski definition) is 3. The van der Waals surface area contributed by atoms with Crippen molar-refractivity contribution in [3.05, 3.63) is 47.8 Å².